The third-order valence-corrected chi connectivity index (χ3v) is 6.70. The number of carbonyl (C=O) groups excluding carboxylic acids is 1. The molecule has 0 saturated heterocycles. The third-order valence-electron chi connectivity index (χ3n) is 5.53. The molecule has 3 aromatic rings. The fraction of sp³-hybridized carbons (Fsp3) is 0.409. The molecule has 3 heterocycles. The number of nitrogens with zero attached hydrogens (tertiary/aromatic N) is 3. The first-order chi connectivity index (χ1) is 14.0. The number of hydrogen-bond donors (Lipinski definition) is 0. The molecule has 1 aromatic carbocycles. The second kappa shape index (κ2) is 7.99. The van der Waals surface area contributed by atoms with Gasteiger partial charge in [-0.15, -0.1) is 11.3 Å². The van der Waals surface area contributed by atoms with E-state index in [1.807, 2.05) is 35.8 Å². The van der Waals surface area contributed by atoms with Gasteiger partial charge in [0, 0.05) is 26.6 Å². The van der Waals surface area contributed by atoms with Crippen molar-refractivity contribution in [1.82, 2.24) is 14.5 Å². The van der Waals surface area contributed by atoms with E-state index in [1.165, 1.54) is 11.3 Å². The largest absolute Gasteiger partial charge is 0.497 e. The summed E-state index contributed by atoms with van der Waals surface area (Å²) in [6, 6.07) is 7.67. The van der Waals surface area contributed by atoms with E-state index in [-0.39, 0.29) is 11.5 Å². The predicted molar refractivity (Wildman–Crippen MR) is 115 cm³/mol. The van der Waals surface area contributed by atoms with Crippen molar-refractivity contribution in [3.05, 3.63) is 56.4 Å². The van der Waals surface area contributed by atoms with Crippen molar-refractivity contribution < 1.29 is 9.53 Å². The highest BCUT2D eigenvalue weighted by molar-refractivity contribution is 7.20. The maximum Gasteiger partial charge on any atom is 0.264 e. The first-order valence-corrected chi connectivity index (χ1v) is 10.7. The lowest BCUT2D eigenvalue weighted by molar-refractivity contribution is 0.0789. The summed E-state index contributed by atoms with van der Waals surface area (Å²) in [6.45, 7) is 3.06. The summed E-state index contributed by atoms with van der Waals surface area (Å²) >= 11 is 1.34. The van der Waals surface area contributed by atoms with Gasteiger partial charge in [-0.2, -0.15) is 0 Å². The van der Waals surface area contributed by atoms with Gasteiger partial charge < -0.3 is 9.64 Å². The van der Waals surface area contributed by atoms with Crippen molar-refractivity contribution in [3.63, 3.8) is 0 Å². The van der Waals surface area contributed by atoms with E-state index in [2.05, 4.69) is 0 Å². The molecule has 0 spiro atoms. The Kier molecular flexibility index (Phi) is 5.41. The Hall–Kier alpha value is -2.67. The monoisotopic (exact) mass is 411 g/mol. The van der Waals surface area contributed by atoms with Gasteiger partial charge in [0.05, 0.1) is 17.4 Å². The zero-order chi connectivity index (χ0) is 20.5. The van der Waals surface area contributed by atoms with Crippen LogP contribution in [-0.2, 0) is 19.5 Å². The summed E-state index contributed by atoms with van der Waals surface area (Å²) in [4.78, 5) is 33.9. The molecule has 0 bridgehead atoms. The van der Waals surface area contributed by atoms with E-state index in [0.29, 0.717) is 28.2 Å². The van der Waals surface area contributed by atoms with Crippen molar-refractivity contribution in [2.45, 2.75) is 45.7 Å². The maximum absolute atomic E-state index is 13.1. The van der Waals surface area contributed by atoms with Crippen molar-refractivity contribution in [2.24, 2.45) is 0 Å². The molecule has 2 aromatic heterocycles. The number of fused-ring (bicyclic) bond motifs is 2. The molecule has 0 unspecified atom stereocenters. The van der Waals surface area contributed by atoms with Crippen molar-refractivity contribution >= 4 is 27.5 Å². The summed E-state index contributed by atoms with van der Waals surface area (Å²) in [5, 5.41) is 0.599. The average molecular weight is 412 g/mol. The van der Waals surface area contributed by atoms with E-state index in [4.69, 9.17) is 9.72 Å². The molecule has 6 nitrogen and oxygen atoms in total. The lowest BCUT2D eigenvalue weighted by atomic mass is 10.1. The second-order valence-corrected chi connectivity index (χ2v) is 8.54. The van der Waals surface area contributed by atoms with Crippen LogP contribution < -0.4 is 10.3 Å². The van der Waals surface area contributed by atoms with E-state index in [1.54, 1.807) is 19.1 Å². The van der Waals surface area contributed by atoms with Gasteiger partial charge in [-0.3, -0.25) is 14.2 Å². The minimum Gasteiger partial charge on any atom is -0.497 e. The van der Waals surface area contributed by atoms with E-state index in [9.17, 15) is 9.59 Å². The molecule has 0 N–H and O–H groups in total. The molecule has 0 fully saturated rings. The van der Waals surface area contributed by atoms with Crippen molar-refractivity contribution in [3.8, 4) is 5.75 Å². The number of aryl methyl sites for hydroxylation is 2. The lowest BCUT2D eigenvalue weighted by Crippen LogP contribution is -2.26. The molecule has 1 aliphatic rings. The molecule has 152 valence electrons. The van der Waals surface area contributed by atoms with Gasteiger partial charge in [-0.05, 0) is 43.0 Å². The summed E-state index contributed by atoms with van der Waals surface area (Å²) in [6.07, 6.45) is 4.00. The molecule has 7 heteroatoms. The predicted octanol–water partition coefficient (Wildman–Crippen LogP) is 3.77. The molecular formula is C22H25N3O3S. The molecular weight excluding hydrogens is 386 g/mol. The molecule has 0 saturated carbocycles. The topological polar surface area (TPSA) is 64.4 Å². The van der Waals surface area contributed by atoms with Crippen LogP contribution in [0.5, 0.6) is 5.75 Å². The molecule has 1 aliphatic heterocycles. The summed E-state index contributed by atoms with van der Waals surface area (Å²) in [5.74, 6) is 1.56. The van der Waals surface area contributed by atoms with Crippen LogP contribution in [0.4, 0.5) is 0 Å². The Bertz CT molecular complexity index is 1120. The standard InChI is InChI=1S/C22H25N3O3S/c1-14-18-20(23-17-7-5-4-6-12-25(17)21(18)26)29-19(14)22(27)24(2)13-15-8-10-16(28-3)11-9-15/h8-11H,4-7,12-13H2,1-3H3. The number of carbonyl (C=O) groups is 1. The van der Waals surface area contributed by atoms with Crippen LogP contribution in [0.25, 0.3) is 10.2 Å². The smallest absolute Gasteiger partial charge is 0.264 e. The zero-order valence-electron chi connectivity index (χ0n) is 17.0. The van der Waals surface area contributed by atoms with Gasteiger partial charge >= 0.3 is 0 Å². The van der Waals surface area contributed by atoms with Gasteiger partial charge in [-0.1, -0.05) is 18.6 Å². The Labute approximate surface area is 173 Å². The van der Waals surface area contributed by atoms with E-state index in [0.717, 1.165) is 48.4 Å². The van der Waals surface area contributed by atoms with Crippen LogP contribution in [0.3, 0.4) is 0 Å². The number of thiophene rings is 1. The number of benzene rings is 1. The Morgan fingerprint density at radius 3 is 2.72 bits per heavy atom. The normalized spacial score (nSPS) is 13.8. The number of hydrogen-bond acceptors (Lipinski definition) is 5. The summed E-state index contributed by atoms with van der Waals surface area (Å²) in [5.41, 5.74) is 1.76. The van der Waals surface area contributed by atoms with Gasteiger partial charge in [-0.25, -0.2) is 4.98 Å². The number of aromatic nitrogens is 2. The Morgan fingerprint density at radius 1 is 1.24 bits per heavy atom. The highest BCUT2D eigenvalue weighted by Crippen LogP contribution is 2.29. The SMILES string of the molecule is COc1ccc(CN(C)C(=O)c2sc3nc4n(c(=O)c3c2C)CCCCC4)cc1. The lowest BCUT2D eigenvalue weighted by Gasteiger charge is -2.17. The number of methoxy groups -OCH3 is 1. The van der Waals surface area contributed by atoms with Gasteiger partial charge in [0.15, 0.2) is 0 Å². The quantitative estimate of drug-likeness (QED) is 0.656. The molecule has 0 atom stereocenters. The fourth-order valence-corrected chi connectivity index (χ4v) is 5.05. The van der Waals surface area contributed by atoms with Crippen LogP contribution >= 0.6 is 11.3 Å². The third kappa shape index (κ3) is 3.67. The minimum atomic E-state index is -0.0825. The highest BCUT2D eigenvalue weighted by Gasteiger charge is 2.24. The van der Waals surface area contributed by atoms with Crippen LogP contribution in [0, 0.1) is 6.92 Å². The summed E-state index contributed by atoms with van der Waals surface area (Å²) < 4.78 is 6.99. The summed E-state index contributed by atoms with van der Waals surface area (Å²) in [7, 11) is 3.41. The number of amides is 1. The Balaban J connectivity index is 1.66. The van der Waals surface area contributed by atoms with Gasteiger partial charge in [0.25, 0.3) is 11.5 Å². The van der Waals surface area contributed by atoms with Crippen LogP contribution in [0.2, 0.25) is 0 Å². The van der Waals surface area contributed by atoms with Gasteiger partial charge in [0.1, 0.15) is 16.4 Å². The minimum absolute atomic E-state index is 0.00231. The first-order valence-electron chi connectivity index (χ1n) is 9.91. The maximum atomic E-state index is 13.1. The Morgan fingerprint density at radius 2 is 2.00 bits per heavy atom. The van der Waals surface area contributed by atoms with Crippen LogP contribution in [-0.4, -0.2) is 34.5 Å². The molecule has 1 amide bonds. The molecule has 29 heavy (non-hydrogen) atoms. The number of rotatable bonds is 4. The van der Waals surface area contributed by atoms with Crippen molar-refractivity contribution in [2.75, 3.05) is 14.2 Å². The molecule has 4 rings (SSSR count). The average Bonchev–Trinajstić information content (AvgIpc) is 2.89. The highest BCUT2D eigenvalue weighted by atomic mass is 32.1. The van der Waals surface area contributed by atoms with E-state index >= 15 is 0 Å². The number of ether oxygens (including phenoxy) is 1. The van der Waals surface area contributed by atoms with Gasteiger partial charge in [0.2, 0.25) is 0 Å². The molecule has 0 radical (unpaired) electrons. The fourth-order valence-electron chi connectivity index (χ4n) is 3.86. The molecule has 0 aliphatic carbocycles. The van der Waals surface area contributed by atoms with Crippen LogP contribution in [0.1, 0.15) is 45.9 Å². The van der Waals surface area contributed by atoms with Crippen molar-refractivity contribution in [1.29, 1.82) is 0 Å². The van der Waals surface area contributed by atoms with E-state index < -0.39 is 0 Å². The first kappa shape index (κ1) is 19.6. The second-order valence-electron chi connectivity index (χ2n) is 7.54. The zero-order valence-corrected chi connectivity index (χ0v) is 17.8. The van der Waals surface area contributed by atoms with Crippen LogP contribution in [0.15, 0.2) is 29.1 Å².